The number of rotatable bonds is 5. The van der Waals surface area contributed by atoms with Gasteiger partial charge in [-0.25, -0.2) is 4.98 Å². The van der Waals surface area contributed by atoms with Gasteiger partial charge in [0.25, 0.3) is 0 Å². The number of thioether (sulfide) groups is 1. The van der Waals surface area contributed by atoms with Crippen LogP contribution in [0.4, 0.5) is 5.82 Å². The molecular formula is C22H27N5OS. The van der Waals surface area contributed by atoms with Crippen LogP contribution < -0.4 is 4.90 Å². The van der Waals surface area contributed by atoms with E-state index in [1.54, 1.807) is 18.0 Å². The molecule has 0 spiro atoms. The average molecular weight is 410 g/mol. The Kier molecular flexibility index (Phi) is 4.76. The van der Waals surface area contributed by atoms with E-state index >= 15 is 0 Å². The zero-order chi connectivity index (χ0) is 20.0. The molecule has 2 fully saturated rings. The number of fused-ring (bicyclic) bond motifs is 2. The van der Waals surface area contributed by atoms with Crippen LogP contribution in [0.25, 0.3) is 10.9 Å². The number of hydrogen-bond donors (Lipinski definition) is 2. The van der Waals surface area contributed by atoms with E-state index in [9.17, 15) is 5.11 Å². The van der Waals surface area contributed by atoms with Crippen LogP contribution in [-0.4, -0.2) is 64.2 Å². The van der Waals surface area contributed by atoms with Gasteiger partial charge in [-0.1, -0.05) is 6.07 Å². The molecule has 5 rings (SSSR count). The van der Waals surface area contributed by atoms with E-state index in [1.165, 1.54) is 15.8 Å². The Balaban J connectivity index is 1.39. The van der Waals surface area contributed by atoms with Crippen LogP contribution >= 0.6 is 11.8 Å². The molecule has 2 unspecified atom stereocenters. The lowest BCUT2D eigenvalue weighted by Gasteiger charge is -2.28. The minimum atomic E-state index is -0.0777. The quantitative estimate of drug-likeness (QED) is 0.632. The van der Waals surface area contributed by atoms with Gasteiger partial charge in [-0.05, 0) is 48.9 Å². The molecule has 0 aliphatic carbocycles. The van der Waals surface area contributed by atoms with Gasteiger partial charge < -0.3 is 10.0 Å². The van der Waals surface area contributed by atoms with Gasteiger partial charge in [-0.15, -0.1) is 11.8 Å². The second-order valence-corrected chi connectivity index (χ2v) is 9.41. The van der Waals surface area contributed by atoms with Gasteiger partial charge in [0.2, 0.25) is 0 Å². The summed E-state index contributed by atoms with van der Waals surface area (Å²) in [4.78, 5) is 11.1. The topological polar surface area (TPSA) is 68.3 Å². The third-order valence-corrected chi connectivity index (χ3v) is 7.36. The van der Waals surface area contributed by atoms with E-state index in [4.69, 9.17) is 4.98 Å². The largest absolute Gasteiger partial charge is 0.396 e. The van der Waals surface area contributed by atoms with Crippen molar-refractivity contribution in [1.29, 1.82) is 0 Å². The Morgan fingerprint density at radius 2 is 2.14 bits per heavy atom. The number of aliphatic hydroxyl groups excluding tert-OH is 1. The minimum Gasteiger partial charge on any atom is -0.396 e. The molecule has 2 saturated heterocycles. The lowest BCUT2D eigenvalue weighted by Crippen LogP contribution is -2.37. The summed E-state index contributed by atoms with van der Waals surface area (Å²) in [6.07, 6.45) is 3.89. The highest BCUT2D eigenvalue weighted by Gasteiger charge is 2.52. The van der Waals surface area contributed by atoms with Crippen LogP contribution in [0.5, 0.6) is 0 Å². The van der Waals surface area contributed by atoms with Crippen LogP contribution in [0.1, 0.15) is 11.3 Å². The maximum atomic E-state index is 10.3. The van der Waals surface area contributed by atoms with E-state index in [1.807, 2.05) is 6.07 Å². The molecule has 152 valence electrons. The van der Waals surface area contributed by atoms with Crippen molar-refractivity contribution in [3.8, 4) is 0 Å². The molecule has 6 nitrogen and oxygen atoms in total. The zero-order valence-electron chi connectivity index (χ0n) is 16.9. The molecule has 4 heterocycles. The highest BCUT2D eigenvalue weighted by molar-refractivity contribution is 7.98. The number of nitrogens with zero attached hydrogens (tertiary/aromatic N) is 4. The van der Waals surface area contributed by atoms with Crippen molar-refractivity contribution in [2.75, 3.05) is 43.9 Å². The van der Waals surface area contributed by atoms with E-state index in [0.29, 0.717) is 5.92 Å². The lowest BCUT2D eigenvalue weighted by atomic mass is 9.82. The van der Waals surface area contributed by atoms with Gasteiger partial charge in [0.15, 0.2) is 0 Å². The van der Waals surface area contributed by atoms with Crippen molar-refractivity contribution in [3.63, 3.8) is 0 Å². The summed E-state index contributed by atoms with van der Waals surface area (Å²) in [6.45, 7) is 6.96. The fourth-order valence-electron chi connectivity index (χ4n) is 5.08. The van der Waals surface area contributed by atoms with Gasteiger partial charge >= 0.3 is 0 Å². The molecule has 0 bridgehead atoms. The summed E-state index contributed by atoms with van der Waals surface area (Å²) in [7, 11) is 0. The fraction of sp³-hybridized carbons (Fsp3) is 0.455. The Hall–Kier alpha value is -2.09. The summed E-state index contributed by atoms with van der Waals surface area (Å²) < 4.78 is 0. The Bertz CT molecular complexity index is 1020. The molecule has 7 heteroatoms. The fourth-order valence-corrected chi connectivity index (χ4v) is 5.51. The second kappa shape index (κ2) is 7.31. The normalized spacial score (nSPS) is 24.5. The number of nitrogens with one attached hydrogen (secondary N) is 1. The average Bonchev–Trinajstić information content (AvgIpc) is 3.42. The summed E-state index contributed by atoms with van der Waals surface area (Å²) in [5, 5.41) is 18.7. The van der Waals surface area contributed by atoms with Crippen molar-refractivity contribution in [2.45, 2.75) is 18.4 Å². The van der Waals surface area contributed by atoms with E-state index in [2.05, 4.69) is 57.4 Å². The molecular weight excluding hydrogens is 382 g/mol. The smallest absolute Gasteiger partial charge is 0.129 e. The van der Waals surface area contributed by atoms with Crippen LogP contribution in [0.3, 0.4) is 0 Å². The number of likely N-dealkylation sites (tertiary alicyclic amines) is 1. The molecule has 1 aromatic carbocycles. The Morgan fingerprint density at radius 3 is 2.86 bits per heavy atom. The second-order valence-electron chi connectivity index (χ2n) is 8.53. The molecule has 2 aliphatic rings. The number of anilines is 1. The number of aromatic amines is 1. The molecule has 29 heavy (non-hydrogen) atoms. The number of benzene rings is 1. The highest BCUT2D eigenvalue weighted by Crippen LogP contribution is 2.44. The number of pyridine rings is 1. The first kappa shape index (κ1) is 18.9. The molecule has 2 aliphatic heterocycles. The van der Waals surface area contributed by atoms with Crippen molar-refractivity contribution in [1.82, 2.24) is 20.1 Å². The minimum absolute atomic E-state index is 0.0777. The molecule has 0 radical (unpaired) electrons. The van der Waals surface area contributed by atoms with Gasteiger partial charge in [-0.3, -0.25) is 10.00 Å². The number of H-pyrrole nitrogens is 1. The highest BCUT2D eigenvalue weighted by atomic mass is 32.2. The number of aliphatic hydroxyl groups is 1. The first-order valence-corrected chi connectivity index (χ1v) is 11.3. The summed E-state index contributed by atoms with van der Waals surface area (Å²) in [5.41, 5.74) is 3.37. The van der Waals surface area contributed by atoms with E-state index < -0.39 is 0 Å². The third-order valence-electron chi connectivity index (χ3n) is 6.63. The Labute approximate surface area is 175 Å². The molecule has 3 aromatic rings. The SMILES string of the molecule is CSc1ccc2c(C)cc(N3CC4CN(Cc5ccn[nH]5)CC4(CO)C3)nc2c1. The Morgan fingerprint density at radius 1 is 1.24 bits per heavy atom. The number of aromatic nitrogens is 3. The number of hydrogen-bond acceptors (Lipinski definition) is 6. The molecule has 2 atom stereocenters. The van der Waals surface area contributed by atoms with Gasteiger partial charge in [0, 0.05) is 60.3 Å². The molecule has 0 amide bonds. The van der Waals surface area contributed by atoms with Crippen LogP contribution in [0, 0.1) is 18.3 Å². The molecule has 2 N–H and O–H groups in total. The lowest BCUT2D eigenvalue weighted by molar-refractivity contribution is 0.125. The van der Waals surface area contributed by atoms with Gasteiger partial charge in [0.1, 0.15) is 5.82 Å². The first-order valence-electron chi connectivity index (χ1n) is 10.1. The number of aryl methyl sites for hydroxylation is 1. The maximum Gasteiger partial charge on any atom is 0.129 e. The van der Waals surface area contributed by atoms with Crippen molar-refractivity contribution in [2.24, 2.45) is 11.3 Å². The van der Waals surface area contributed by atoms with Gasteiger partial charge in [-0.2, -0.15) is 5.10 Å². The third kappa shape index (κ3) is 3.31. The standard InChI is InChI=1S/C22H27N5OS/c1-15-7-21(24-20-8-18(29-2)3-4-19(15)20)27-10-16-9-26(11-17-5-6-23-25-17)12-22(16,13-27)14-28/h3-8,16,28H,9-14H2,1-2H3,(H,23,25). The monoisotopic (exact) mass is 409 g/mol. The van der Waals surface area contributed by atoms with E-state index in [0.717, 1.165) is 49.8 Å². The van der Waals surface area contributed by atoms with E-state index in [-0.39, 0.29) is 12.0 Å². The van der Waals surface area contributed by atoms with Crippen molar-refractivity contribution in [3.05, 3.63) is 47.8 Å². The van der Waals surface area contributed by atoms with Crippen LogP contribution in [0.2, 0.25) is 0 Å². The van der Waals surface area contributed by atoms with Crippen LogP contribution in [0.15, 0.2) is 41.4 Å². The van der Waals surface area contributed by atoms with Crippen molar-refractivity contribution >= 4 is 28.5 Å². The van der Waals surface area contributed by atoms with Gasteiger partial charge in [0.05, 0.1) is 12.1 Å². The van der Waals surface area contributed by atoms with Crippen molar-refractivity contribution < 1.29 is 5.11 Å². The first-order chi connectivity index (χ1) is 14.1. The summed E-state index contributed by atoms with van der Waals surface area (Å²) >= 11 is 1.75. The zero-order valence-corrected chi connectivity index (χ0v) is 17.7. The molecule has 0 saturated carbocycles. The predicted molar refractivity (Wildman–Crippen MR) is 117 cm³/mol. The molecule has 2 aromatic heterocycles. The summed E-state index contributed by atoms with van der Waals surface area (Å²) in [6, 6.07) is 10.7. The maximum absolute atomic E-state index is 10.3. The summed E-state index contributed by atoms with van der Waals surface area (Å²) in [5.74, 6) is 1.49. The van der Waals surface area contributed by atoms with Crippen LogP contribution in [-0.2, 0) is 6.54 Å². The predicted octanol–water partition coefficient (Wildman–Crippen LogP) is 2.92.